The molecule has 0 atom stereocenters. The first-order valence-electron chi connectivity index (χ1n) is 6.52. The number of hydrogen-bond donors (Lipinski definition) is 1. The summed E-state index contributed by atoms with van der Waals surface area (Å²) in [5, 5.41) is 3.32. The smallest absolute Gasteiger partial charge is 0.250 e. The lowest BCUT2D eigenvalue weighted by atomic mass is 10.2. The van der Waals surface area contributed by atoms with Gasteiger partial charge in [0.2, 0.25) is 5.91 Å². The second-order valence-electron chi connectivity index (χ2n) is 4.50. The number of ether oxygens (including phenoxy) is 2. The molecular formula is C15H14N2O3S. The summed E-state index contributed by atoms with van der Waals surface area (Å²) in [5.74, 6) is 1.24. The molecule has 1 amide bonds. The van der Waals surface area contributed by atoms with E-state index in [4.69, 9.17) is 9.47 Å². The number of carbonyl (C=O) groups is 1. The van der Waals surface area contributed by atoms with Gasteiger partial charge in [0.25, 0.3) is 0 Å². The van der Waals surface area contributed by atoms with E-state index in [1.807, 2.05) is 25.1 Å². The largest absolute Gasteiger partial charge is 0.486 e. The number of carbonyl (C=O) groups excluding carboxylic acids is 1. The average molecular weight is 302 g/mol. The summed E-state index contributed by atoms with van der Waals surface area (Å²) in [6, 6.07) is 5.58. The fraction of sp³-hybridized carbons (Fsp3) is 0.200. The van der Waals surface area contributed by atoms with Crippen LogP contribution in [-0.4, -0.2) is 24.1 Å². The van der Waals surface area contributed by atoms with Crippen LogP contribution in [0.1, 0.15) is 10.4 Å². The van der Waals surface area contributed by atoms with Gasteiger partial charge in [0.1, 0.15) is 13.2 Å². The van der Waals surface area contributed by atoms with Gasteiger partial charge in [-0.25, -0.2) is 4.98 Å². The van der Waals surface area contributed by atoms with Gasteiger partial charge < -0.3 is 9.47 Å². The van der Waals surface area contributed by atoms with Crippen molar-refractivity contribution in [3.8, 4) is 11.5 Å². The minimum Gasteiger partial charge on any atom is -0.486 e. The molecule has 108 valence electrons. The van der Waals surface area contributed by atoms with Crippen molar-refractivity contribution in [3.05, 3.63) is 40.9 Å². The van der Waals surface area contributed by atoms with E-state index in [1.54, 1.807) is 12.3 Å². The number of anilines is 1. The number of aromatic nitrogens is 1. The number of amides is 1. The summed E-state index contributed by atoms with van der Waals surface area (Å²) < 4.78 is 11.0. The molecule has 0 saturated carbocycles. The van der Waals surface area contributed by atoms with Gasteiger partial charge in [-0.05, 0) is 30.7 Å². The molecule has 2 heterocycles. The highest BCUT2D eigenvalue weighted by Crippen LogP contribution is 2.31. The Kier molecular flexibility index (Phi) is 3.87. The number of nitrogens with zero attached hydrogens (tertiary/aromatic N) is 1. The first-order chi connectivity index (χ1) is 10.2. The molecule has 2 aromatic rings. The van der Waals surface area contributed by atoms with Gasteiger partial charge in [0.15, 0.2) is 16.6 Å². The Balaban J connectivity index is 1.66. The fourth-order valence-corrected chi connectivity index (χ4v) is 2.56. The van der Waals surface area contributed by atoms with Crippen molar-refractivity contribution < 1.29 is 14.3 Å². The molecule has 1 aliphatic heterocycles. The van der Waals surface area contributed by atoms with Crippen LogP contribution in [0.5, 0.6) is 11.5 Å². The molecule has 0 saturated heterocycles. The quantitative estimate of drug-likeness (QED) is 0.886. The zero-order chi connectivity index (χ0) is 14.7. The minimum atomic E-state index is -0.209. The first-order valence-corrected chi connectivity index (χ1v) is 7.33. The number of benzene rings is 1. The van der Waals surface area contributed by atoms with Gasteiger partial charge in [-0.3, -0.25) is 10.1 Å². The van der Waals surface area contributed by atoms with E-state index in [9.17, 15) is 4.79 Å². The minimum absolute atomic E-state index is 0.209. The second kappa shape index (κ2) is 5.97. The number of aryl methyl sites for hydroxylation is 1. The SMILES string of the molecule is Cc1cnc(NC(=O)/C=C/c2ccc3c(c2)OCCO3)s1. The third-order valence-corrected chi connectivity index (χ3v) is 3.67. The fourth-order valence-electron chi connectivity index (χ4n) is 1.90. The number of nitrogens with one attached hydrogen (secondary N) is 1. The van der Waals surface area contributed by atoms with Crippen molar-refractivity contribution in [1.29, 1.82) is 0 Å². The van der Waals surface area contributed by atoms with Crippen LogP contribution in [0.4, 0.5) is 5.13 Å². The van der Waals surface area contributed by atoms with Crippen LogP contribution in [0.3, 0.4) is 0 Å². The van der Waals surface area contributed by atoms with E-state index in [-0.39, 0.29) is 5.91 Å². The van der Waals surface area contributed by atoms with Crippen LogP contribution in [0.15, 0.2) is 30.5 Å². The molecular weight excluding hydrogens is 288 g/mol. The number of rotatable bonds is 3. The highest BCUT2D eigenvalue weighted by molar-refractivity contribution is 7.15. The molecule has 0 bridgehead atoms. The van der Waals surface area contributed by atoms with Crippen molar-refractivity contribution in [2.45, 2.75) is 6.92 Å². The standard InChI is InChI=1S/C15H14N2O3S/c1-10-9-16-15(21-10)17-14(18)5-3-11-2-4-12-13(8-11)20-7-6-19-12/h2-5,8-9H,6-7H2,1H3,(H,16,17,18)/b5-3+. The first kappa shape index (κ1) is 13.6. The Morgan fingerprint density at radius 2 is 2.14 bits per heavy atom. The number of fused-ring (bicyclic) bond motifs is 1. The van der Waals surface area contributed by atoms with E-state index in [0.29, 0.717) is 24.1 Å². The Labute approximate surface area is 126 Å². The maximum absolute atomic E-state index is 11.8. The lowest BCUT2D eigenvalue weighted by Crippen LogP contribution is -2.15. The van der Waals surface area contributed by atoms with Crippen LogP contribution in [-0.2, 0) is 4.79 Å². The van der Waals surface area contributed by atoms with Crippen molar-refractivity contribution >= 4 is 28.5 Å². The van der Waals surface area contributed by atoms with Crippen LogP contribution in [0, 0.1) is 6.92 Å². The number of thiazole rings is 1. The zero-order valence-electron chi connectivity index (χ0n) is 11.5. The van der Waals surface area contributed by atoms with Crippen LogP contribution < -0.4 is 14.8 Å². The highest BCUT2D eigenvalue weighted by atomic mass is 32.1. The van der Waals surface area contributed by atoms with Crippen molar-refractivity contribution in [3.63, 3.8) is 0 Å². The van der Waals surface area contributed by atoms with Gasteiger partial charge in [-0.15, -0.1) is 11.3 Å². The molecule has 0 fully saturated rings. The van der Waals surface area contributed by atoms with Gasteiger partial charge in [0, 0.05) is 17.2 Å². The molecule has 5 nitrogen and oxygen atoms in total. The molecule has 1 aliphatic rings. The van der Waals surface area contributed by atoms with Crippen LogP contribution in [0.2, 0.25) is 0 Å². The summed E-state index contributed by atoms with van der Waals surface area (Å²) in [6.45, 7) is 3.06. The molecule has 0 radical (unpaired) electrons. The van der Waals surface area contributed by atoms with Crippen molar-refractivity contribution in [1.82, 2.24) is 4.98 Å². The highest BCUT2D eigenvalue weighted by Gasteiger charge is 2.10. The van der Waals surface area contributed by atoms with E-state index >= 15 is 0 Å². The predicted molar refractivity (Wildman–Crippen MR) is 81.9 cm³/mol. The predicted octanol–water partition coefficient (Wildman–Crippen LogP) is 2.87. The molecule has 1 aromatic carbocycles. The topological polar surface area (TPSA) is 60.5 Å². The van der Waals surface area contributed by atoms with Crippen molar-refractivity contribution in [2.75, 3.05) is 18.5 Å². The Morgan fingerprint density at radius 1 is 1.33 bits per heavy atom. The lowest BCUT2D eigenvalue weighted by Gasteiger charge is -2.18. The summed E-state index contributed by atoms with van der Waals surface area (Å²) in [6.07, 6.45) is 4.93. The average Bonchev–Trinajstić information content (AvgIpc) is 2.90. The summed E-state index contributed by atoms with van der Waals surface area (Å²) >= 11 is 1.44. The maximum Gasteiger partial charge on any atom is 0.250 e. The van der Waals surface area contributed by atoms with Gasteiger partial charge in [0.05, 0.1) is 0 Å². The molecule has 3 rings (SSSR count). The zero-order valence-corrected chi connectivity index (χ0v) is 12.3. The molecule has 1 N–H and O–H groups in total. The van der Waals surface area contributed by atoms with Crippen LogP contribution in [0.25, 0.3) is 6.08 Å². The van der Waals surface area contributed by atoms with Crippen molar-refractivity contribution in [2.24, 2.45) is 0 Å². The molecule has 0 aliphatic carbocycles. The Hall–Kier alpha value is -2.34. The third kappa shape index (κ3) is 3.41. The molecule has 6 heteroatoms. The maximum atomic E-state index is 11.8. The van der Waals surface area contributed by atoms with Gasteiger partial charge in [-0.1, -0.05) is 6.07 Å². The van der Waals surface area contributed by atoms with Crippen LogP contribution >= 0.6 is 11.3 Å². The normalized spacial score (nSPS) is 13.4. The van der Waals surface area contributed by atoms with E-state index < -0.39 is 0 Å². The molecule has 0 unspecified atom stereocenters. The van der Waals surface area contributed by atoms with E-state index in [2.05, 4.69) is 10.3 Å². The molecule has 0 spiro atoms. The van der Waals surface area contributed by atoms with Gasteiger partial charge in [-0.2, -0.15) is 0 Å². The monoisotopic (exact) mass is 302 g/mol. The summed E-state index contributed by atoms with van der Waals surface area (Å²) in [4.78, 5) is 16.9. The van der Waals surface area contributed by atoms with Gasteiger partial charge >= 0.3 is 0 Å². The Morgan fingerprint density at radius 3 is 2.90 bits per heavy atom. The summed E-state index contributed by atoms with van der Waals surface area (Å²) in [5.41, 5.74) is 0.879. The number of hydrogen-bond acceptors (Lipinski definition) is 5. The second-order valence-corrected chi connectivity index (χ2v) is 5.74. The lowest BCUT2D eigenvalue weighted by molar-refractivity contribution is -0.111. The van der Waals surface area contributed by atoms with E-state index in [0.717, 1.165) is 16.2 Å². The third-order valence-electron chi connectivity index (χ3n) is 2.84. The van der Waals surface area contributed by atoms with E-state index in [1.165, 1.54) is 17.4 Å². The molecule has 1 aromatic heterocycles. The molecule has 21 heavy (non-hydrogen) atoms. The Bertz CT molecular complexity index is 694. The summed E-state index contributed by atoms with van der Waals surface area (Å²) in [7, 11) is 0.